The van der Waals surface area contributed by atoms with Crippen molar-refractivity contribution in [2.75, 3.05) is 24.0 Å². The smallest absolute Gasteiger partial charge is 0.264 e. The summed E-state index contributed by atoms with van der Waals surface area (Å²) in [5.74, 6) is 0.250. The molecule has 0 saturated carbocycles. The number of nitrogens with zero attached hydrogens (tertiary/aromatic N) is 1. The average molecular weight is 473 g/mol. The van der Waals surface area contributed by atoms with Crippen molar-refractivity contribution in [2.24, 2.45) is 0 Å². The first kappa shape index (κ1) is 23.6. The molecule has 8 heteroatoms. The van der Waals surface area contributed by atoms with Crippen LogP contribution in [-0.4, -0.2) is 34.0 Å². The van der Waals surface area contributed by atoms with E-state index in [9.17, 15) is 13.2 Å². The summed E-state index contributed by atoms with van der Waals surface area (Å²) in [7, 11) is -4.00. The predicted octanol–water partition coefficient (Wildman–Crippen LogP) is 4.35. The van der Waals surface area contributed by atoms with Gasteiger partial charge in [0.1, 0.15) is 18.9 Å². The molecule has 0 saturated heterocycles. The number of rotatable bonds is 9. The summed E-state index contributed by atoms with van der Waals surface area (Å²) in [6.07, 6.45) is 0. The van der Waals surface area contributed by atoms with E-state index in [0.29, 0.717) is 5.75 Å². The van der Waals surface area contributed by atoms with Gasteiger partial charge in [-0.3, -0.25) is 9.10 Å². The molecule has 32 heavy (non-hydrogen) atoms. The number of aryl methyl sites for hydroxylation is 2. The first-order chi connectivity index (χ1) is 15.3. The van der Waals surface area contributed by atoms with E-state index in [1.165, 1.54) is 17.7 Å². The van der Waals surface area contributed by atoms with E-state index in [1.54, 1.807) is 42.5 Å². The van der Waals surface area contributed by atoms with E-state index >= 15 is 0 Å². The summed E-state index contributed by atoms with van der Waals surface area (Å²) in [6.45, 7) is 4.10. The van der Waals surface area contributed by atoms with Crippen LogP contribution >= 0.6 is 11.6 Å². The van der Waals surface area contributed by atoms with Crippen LogP contribution in [-0.2, 0) is 14.8 Å². The summed E-state index contributed by atoms with van der Waals surface area (Å²) in [6, 6.07) is 20.2. The lowest BCUT2D eigenvalue weighted by Crippen LogP contribution is -2.42. The number of hydrogen-bond donors (Lipinski definition) is 1. The molecule has 0 unspecified atom stereocenters. The fourth-order valence-electron chi connectivity index (χ4n) is 3.02. The number of para-hydroxylation sites is 1. The van der Waals surface area contributed by atoms with Crippen LogP contribution in [0, 0.1) is 13.8 Å². The number of carbonyl (C=O) groups excluding carboxylic acids is 1. The van der Waals surface area contributed by atoms with E-state index in [0.717, 1.165) is 9.87 Å². The van der Waals surface area contributed by atoms with E-state index < -0.39 is 22.5 Å². The second-order valence-corrected chi connectivity index (χ2v) is 9.49. The van der Waals surface area contributed by atoms with Gasteiger partial charge in [0.15, 0.2) is 0 Å². The molecule has 3 aromatic carbocycles. The van der Waals surface area contributed by atoms with Gasteiger partial charge in [-0.05, 0) is 61.4 Å². The first-order valence-electron chi connectivity index (χ1n) is 10.1. The van der Waals surface area contributed by atoms with Crippen LogP contribution in [0.15, 0.2) is 77.7 Å². The second-order valence-electron chi connectivity index (χ2n) is 7.22. The van der Waals surface area contributed by atoms with Gasteiger partial charge in [-0.15, -0.1) is 0 Å². The molecular weight excluding hydrogens is 448 g/mol. The third-order valence-electron chi connectivity index (χ3n) is 4.91. The van der Waals surface area contributed by atoms with Crippen molar-refractivity contribution in [3.8, 4) is 5.75 Å². The molecule has 0 bridgehead atoms. The standard InChI is InChI=1S/C24H25ClN2O4S/c1-18-12-13-20(16-19(18)2)31-15-14-26-24(28)17-27(23-11-7-6-10-22(23)25)32(29,30)21-8-4-3-5-9-21/h3-13,16H,14-15,17H2,1-2H3,(H,26,28). The first-order valence-corrected chi connectivity index (χ1v) is 11.9. The lowest BCUT2D eigenvalue weighted by atomic mass is 10.1. The van der Waals surface area contributed by atoms with Gasteiger partial charge in [0.05, 0.1) is 22.2 Å². The van der Waals surface area contributed by atoms with Crippen molar-refractivity contribution in [1.29, 1.82) is 0 Å². The lowest BCUT2D eigenvalue weighted by Gasteiger charge is -2.25. The van der Waals surface area contributed by atoms with Gasteiger partial charge in [0.25, 0.3) is 10.0 Å². The van der Waals surface area contributed by atoms with Gasteiger partial charge in [-0.25, -0.2) is 8.42 Å². The molecule has 3 aromatic rings. The minimum absolute atomic E-state index is 0.0748. The van der Waals surface area contributed by atoms with Crippen molar-refractivity contribution in [1.82, 2.24) is 5.32 Å². The number of hydrogen-bond acceptors (Lipinski definition) is 4. The number of amides is 1. The highest BCUT2D eigenvalue weighted by atomic mass is 35.5. The highest BCUT2D eigenvalue weighted by Gasteiger charge is 2.28. The Kier molecular flexibility index (Phi) is 7.77. The van der Waals surface area contributed by atoms with Crippen molar-refractivity contribution in [3.63, 3.8) is 0 Å². The highest BCUT2D eigenvalue weighted by Crippen LogP contribution is 2.30. The van der Waals surface area contributed by atoms with E-state index in [2.05, 4.69) is 5.32 Å². The zero-order valence-corrected chi connectivity index (χ0v) is 19.5. The Morgan fingerprint density at radius 3 is 2.34 bits per heavy atom. The average Bonchev–Trinajstić information content (AvgIpc) is 2.78. The molecule has 1 N–H and O–H groups in total. The molecule has 0 aliphatic carbocycles. The van der Waals surface area contributed by atoms with Gasteiger partial charge in [-0.2, -0.15) is 0 Å². The molecule has 0 aliphatic heterocycles. The third-order valence-corrected chi connectivity index (χ3v) is 7.00. The Morgan fingerprint density at radius 2 is 1.66 bits per heavy atom. The summed E-state index contributed by atoms with van der Waals surface area (Å²) >= 11 is 6.26. The number of sulfonamides is 1. The molecular formula is C24H25ClN2O4S. The number of carbonyl (C=O) groups is 1. The molecule has 3 rings (SSSR count). The molecule has 0 spiro atoms. The van der Waals surface area contributed by atoms with Gasteiger partial charge >= 0.3 is 0 Å². The Balaban J connectivity index is 1.69. The van der Waals surface area contributed by atoms with Crippen molar-refractivity contribution in [2.45, 2.75) is 18.7 Å². The SMILES string of the molecule is Cc1ccc(OCCNC(=O)CN(c2ccccc2Cl)S(=O)(=O)c2ccccc2)cc1C. The van der Waals surface area contributed by atoms with Crippen LogP contribution in [0.2, 0.25) is 5.02 Å². The quantitative estimate of drug-likeness (QED) is 0.470. The predicted molar refractivity (Wildman–Crippen MR) is 127 cm³/mol. The van der Waals surface area contributed by atoms with Crippen LogP contribution in [0.3, 0.4) is 0 Å². The van der Waals surface area contributed by atoms with Crippen LogP contribution in [0.1, 0.15) is 11.1 Å². The normalized spacial score (nSPS) is 11.1. The van der Waals surface area contributed by atoms with Gasteiger partial charge in [0, 0.05) is 0 Å². The Morgan fingerprint density at radius 1 is 0.969 bits per heavy atom. The Labute approximate surface area is 193 Å². The Hall–Kier alpha value is -3.03. The molecule has 6 nitrogen and oxygen atoms in total. The molecule has 1 amide bonds. The van der Waals surface area contributed by atoms with Crippen LogP contribution in [0.5, 0.6) is 5.75 Å². The van der Waals surface area contributed by atoms with E-state index in [-0.39, 0.29) is 28.8 Å². The number of halogens is 1. The minimum Gasteiger partial charge on any atom is -0.492 e. The van der Waals surface area contributed by atoms with Gasteiger partial charge in [-0.1, -0.05) is 48.0 Å². The van der Waals surface area contributed by atoms with E-state index in [4.69, 9.17) is 16.3 Å². The lowest BCUT2D eigenvalue weighted by molar-refractivity contribution is -0.119. The van der Waals surface area contributed by atoms with Gasteiger partial charge < -0.3 is 10.1 Å². The van der Waals surface area contributed by atoms with Gasteiger partial charge in [0.2, 0.25) is 5.91 Å². The summed E-state index contributed by atoms with van der Waals surface area (Å²) in [5.41, 5.74) is 2.53. The summed E-state index contributed by atoms with van der Waals surface area (Å²) in [4.78, 5) is 12.7. The number of nitrogens with one attached hydrogen (secondary N) is 1. The minimum atomic E-state index is -4.00. The fourth-order valence-corrected chi connectivity index (χ4v) is 4.77. The molecule has 0 aromatic heterocycles. The van der Waals surface area contributed by atoms with Crippen molar-refractivity contribution in [3.05, 3.63) is 88.9 Å². The van der Waals surface area contributed by atoms with E-state index in [1.807, 2.05) is 32.0 Å². The molecule has 0 fully saturated rings. The largest absolute Gasteiger partial charge is 0.492 e. The van der Waals surface area contributed by atoms with Crippen LogP contribution < -0.4 is 14.4 Å². The van der Waals surface area contributed by atoms with Crippen LogP contribution in [0.4, 0.5) is 5.69 Å². The highest BCUT2D eigenvalue weighted by molar-refractivity contribution is 7.92. The topological polar surface area (TPSA) is 75.7 Å². The van der Waals surface area contributed by atoms with Crippen molar-refractivity contribution >= 4 is 33.2 Å². The molecule has 0 heterocycles. The summed E-state index contributed by atoms with van der Waals surface area (Å²) in [5, 5.41) is 2.94. The van der Waals surface area contributed by atoms with Crippen molar-refractivity contribution < 1.29 is 17.9 Å². The fraction of sp³-hybridized carbons (Fsp3) is 0.208. The maximum atomic E-state index is 13.3. The maximum absolute atomic E-state index is 13.3. The second kappa shape index (κ2) is 10.5. The maximum Gasteiger partial charge on any atom is 0.264 e. The van der Waals surface area contributed by atoms with Crippen LogP contribution in [0.25, 0.3) is 0 Å². The third kappa shape index (κ3) is 5.81. The molecule has 0 aliphatic rings. The number of benzene rings is 3. The Bertz CT molecular complexity index is 1180. The zero-order valence-electron chi connectivity index (χ0n) is 17.9. The monoisotopic (exact) mass is 472 g/mol. The summed E-state index contributed by atoms with van der Waals surface area (Å²) < 4.78 is 33.2. The number of anilines is 1. The molecule has 0 radical (unpaired) electrons. The zero-order chi connectivity index (χ0) is 23.1. The molecule has 168 valence electrons. The molecule has 0 atom stereocenters. The number of ether oxygens (including phenoxy) is 1.